The Balaban J connectivity index is 4.22. The summed E-state index contributed by atoms with van der Waals surface area (Å²) in [4.78, 5) is 10.4. The maximum atomic E-state index is 10.4. The first-order valence-electron chi connectivity index (χ1n) is 3.71. The lowest BCUT2D eigenvalue weighted by atomic mass is 10.0. The monoisotopic (exact) mass is 153 g/mol. The van der Waals surface area contributed by atoms with Crippen molar-refractivity contribution in [2.45, 2.75) is 20.8 Å². The molecule has 0 aromatic rings. The minimum Gasteiger partial charge on any atom is -0.366 e. The zero-order chi connectivity index (χ0) is 8.85. The molecule has 0 aliphatic rings. The summed E-state index contributed by atoms with van der Waals surface area (Å²) in [7, 11) is 0. The number of primary amides is 1. The summed E-state index contributed by atoms with van der Waals surface area (Å²) in [6.45, 7) is 6.09. The van der Waals surface area contributed by atoms with Gasteiger partial charge in [-0.2, -0.15) is 0 Å². The van der Waals surface area contributed by atoms with Gasteiger partial charge in [-0.3, -0.25) is 4.79 Å². The van der Waals surface area contributed by atoms with Crippen LogP contribution in [0, 0.1) is 5.92 Å². The van der Waals surface area contributed by atoms with Crippen molar-refractivity contribution in [1.82, 2.24) is 0 Å². The van der Waals surface area contributed by atoms with Crippen LogP contribution in [0.4, 0.5) is 0 Å². The molecule has 2 N–H and O–H groups in total. The average molecular weight is 153 g/mol. The second kappa shape index (κ2) is 4.72. The van der Waals surface area contributed by atoms with E-state index in [0.717, 1.165) is 5.57 Å². The van der Waals surface area contributed by atoms with Crippen LogP contribution < -0.4 is 5.73 Å². The molecule has 0 spiro atoms. The quantitative estimate of drug-likeness (QED) is 0.486. The smallest absolute Gasteiger partial charge is 0.241 e. The Hall–Kier alpha value is -1.05. The largest absolute Gasteiger partial charge is 0.366 e. The van der Waals surface area contributed by atoms with Gasteiger partial charge in [0.25, 0.3) is 0 Å². The third kappa shape index (κ3) is 4.37. The minimum absolute atomic E-state index is 0.398. The highest BCUT2D eigenvalue weighted by Gasteiger charge is 1.96. The molecule has 0 aliphatic heterocycles. The summed E-state index contributed by atoms with van der Waals surface area (Å²) in [5.74, 6) is 0.0422. The number of hydrogen-bond donors (Lipinski definition) is 1. The maximum Gasteiger partial charge on any atom is 0.241 e. The molecular formula is C9H15NO. The summed E-state index contributed by atoms with van der Waals surface area (Å²) >= 11 is 0. The highest BCUT2D eigenvalue weighted by Crippen LogP contribution is 2.09. The number of carbonyl (C=O) groups excluding carboxylic acids is 1. The first kappa shape index (κ1) is 9.95. The molecule has 62 valence electrons. The number of carbonyl (C=O) groups is 1. The molecular weight excluding hydrogens is 138 g/mol. The van der Waals surface area contributed by atoms with Crippen LogP contribution in [0.2, 0.25) is 0 Å². The van der Waals surface area contributed by atoms with E-state index in [2.05, 4.69) is 13.8 Å². The number of nitrogens with two attached hydrogens (primary N) is 1. The Morgan fingerprint density at radius 3 is 2.18 bits per heavy atom. The Labute approximate surface area is 67.8 Å². The van der Waals surface area contributed by atoms with E-state index in [1.54, 1.807) is 6.08 Å². The van der Waals surface area contributed by atoms with Gasteiger partial charge in [0.2, 0.25) is 5.91 Å². The van der Waals surface area contributed by atoms with Gasteiger partial charge < -0.3 is 5.73 Å². The Morgan fingerprint density at radius 2 is 1.91 bits per heavy atom. The lowest BCUT2D eigenvalue weighted by molar-refractivity contribution is -0.113. The van der Waals surface area contributed by atoms with Crippen molar-refractivity contribution < 1.29 is 4.79 Å². The molecule has 0 aliphatic carbocycles. The molecule has 2 heteroatoms. The van der Waals surface area contributed by atoms with Crippen LogP contribution in [0.1, 0.15) is 20.8 Å². The SMILES string of the molecule is C/C=C(/C=C/C(N)=O)C(C)C. The topological polar surface area (TPSA) is 43.1 Å². The fourth-order valence-corrected chi connectivity index (χ4v) is 0.800. The molecule has 0 saturated heterocycles. The van der Waals surface area contributed by atoms with Crippen molar-refractivity contribution >= 4 is 5.91 Å². The van der Waals surface area contributed by atoms with E-state index < -0.39 is 5.91 Å². The lowest BCUT2D eigenvalue weighted by Gasteiger charge is -2.03. The van der Waals surface area contributed by atoms with Gasteiger partial charge in [-0.05, 0) is 18.4 Å². The van der Waals surface area contributed by atoms with Gasteiger partial charge in [-0.1, -0.05) is 26.0 Å². The van der Waals surface area contributed by atoms with Crippen LogP contribution in [0.5, 0.6) is 0 Å². The van der Waals surface area contributed by atoms with E-state index >= 15 is 0 Å². The van der Waals surface area contributed by atoms with Crippen LogP contribution in [0.15, 0.2) is 23.8 Å². The third-order valence-corrected chi connectivity index (χ3v) is 1.44. The Kier molecular flexibility index (Phi) is 4.27. The van der Waals surface area contributed by atoms with E-state index in [1.807, 2.05) is 13.0 Å². The molecule has 1 amide bonds. The minimum atomic E-state index is -0.398. The van der Waals surface area contributed by atoms with Gasteiger partial charge in [0.15, 0.2) is 0 Å². The molecule has 0 atom stereocenters. The number of allylic oxidation sites excluding steroid dienone is 3. The fraction of sp³-hybridized carbons (Fsp3) is 0.444. The van der Waals surface area contributed by atoms with Crippen molar-refractivity contribution in [3.8, 4) is 0 Å². The van der Waals surface area contributed by atoms with Crippen molar-refractivity contribution in [3.63, 3.8) is 0 Å². The van der Waals surface area contributed by atoms with Gasteiger partial charge >= 0.3 is 0 Å². The zero-order valence-corrected chi connectivity index (χ0v) is 7.29. The first-order valence-corrected chi connectivity index (χ1v) is 3.71. The van der Waals surface area contributed by atoms with Crippen LogP contribution in [-0.2, 0) is 4.79 Å². The van der Waals surface area contributed by atoms with E-state index in [1.165, 1.54) is 6.08 Å². The van der Waals surface area contributed by atoms with Gasteiger partial charge in [0.05, 0.1) is 0 Å². The first-order chi connectivity index (χ1) is 5.07. The standard InChI is InChI=1S/C9H15NO/c1-4-8(7(2)3)5-6-9(10)11/h4-7H,1-3H3,(H2,10,11)/b6-5+,8-4-. The van der Waals surface area contributed by atoms with Crippen LogP contribution in [-0.4, -0.2) is 5.91 Å². The third-order valence-electron chi connectivity index (χ3n) is 1.44. The summed E-state index contributed by atoms with van der Waals surface area (Å²) in [5.41, 5.74) is 6.07. The number of hydrogen-bond acceptors (Lipinski definition) is 1. The van der Waals surface area contributed by atoms with Crippen molar-refractivity contribution in [1.29, 1.82) is 0 Å². The molecule has 0 unspecified atom stereocenters. The summed E-state index contributed by atoms with van der Waals surface area (Å²) < 4.78 is 0. The molecule has 0 aromatic heterocycles. The molecule has 0 radical (unpaired) electrons. The van der Waals surface area contributed by atoms with Crippen molar-refractivity contribution in [2.75, 3.05) is 0 Å². The Morgan fingerprint density at radius 1 is 1.36 bits per heavy atom. The van der Waals surface area contributed by atoms with E-state index in [0.29, 0.717) is 5.92 Å². The molecule has 0 fully saturated rings. The normalized spacial score (nSPS) is 12.9. The van der Waals surface area contributed by atoms with E-state index in [4.69, 9.17) is 5.73 Å². The van der Waals surface area contributed by atoms with E-state index in [9.17, 15) is 4.79 Å². The molecule has 11 heavy (non-hydrogen) atoms. The molecule has 2 nitrogen and oxygen atoms in total. The van der Waals surface area contributed by atoms with E-state index in [-0.39, 0.29) is 0 Å². The van der Waals surface area contributed by atoms with Crippen LogP contribution in [0.25, 0.3) is 0 Å². The lowest BCUT2D eigenvalue weighted by Crippen LogP contribution is -2.06. The Bertz CT molecular complexity index is 190. The van der Waals surface area contributed by atoms with Crippen molar-refractivity contribution in [3.05, 3.63) is 23.8 Å². The molecule has 0 aromatic carbocycles. The van der Waals surface area contributed by atoms with Crippen molar-refractivity contribution in [2.24, 2.45) is 11.7 Å². The molecule has 0 bridgehead atoms. The second-order valence-corrected chi connectivity index (χ2v) is 2.68. The zero-order valence-electron chi connectivity index (χ0n) is 7.29. The van der Waals surface area contributed by atoms with Gasteiger partial charge in [-0.25, -0.2) is 0 Å². The summed E-state index contributed by atoms with van der Waals surface area (Å²) in [5, 5.41) is 0. The van der Waals surface area contributed by atoms with Crippen LogP contribution >= 0.6 is 0 Å². The molecule has 0 rings (SSSR count). The highest BCUT2D eigenvalue weighted by molar-refractivity contribution is 5.86. The summed E-state index contributed by atoms with van der Waals surface area (Å²) in [6.07, 6.45) is 5.12. The second-order valence-electron chi connectivity index (χ2n) is 2.68. The average Bonchev–Trinajstić information content (AvgIpc) is 1.87. The number of amides is 1. The molecule has 0 heterocycles. The molecule has 0 saturated carbocycles. The van der Waals surface area contributed by atoms with Gasteiger partial charge in [0, 0.05) is 6.08 Å². The maximum absolute atomic E-state index is 10.4. The van der Waals surface area contributed by atoms with Gasteiger partial charge in [-0.15, -0.1) is 0 Å². The van der Waals surface area contributed by atoms with Crippen LogP contribution in [0.3, 0.4) is 0 Å². The highest BCUT2D eigenvalue weighted by atomic mass is 16.1. The fourth-order valence-electron chi connectivity index (χ4n) is 0.800. The summed E-state index contributed by atoms with van der Waals surface area (Å²) in [6, 6.07) is 0. The van der Waals surface area contributed by atoms with Gasteiger partial charge in [0.1, 0.15) is 0 Å². The predicted molar refractivity (Wildman–Crippen MR) is 46.9 cm³/mol. The number of rotatable bonds is 3. The predicted octanol–water partition coefficient (Wildman–Crippen LogP) is 1.63.